The van der Waals surface area contributed by atoms with E-state index in [0.29, 0.717) is 29.4 Å². The topological polar surface area (TPSA) is 136 Å². The molecule has 13 heteroatoms. The van der Waals surface area contributed by atoms with E-state index in [2.05, 4.69) is 20.0 Å². The van der Waals surface area contributed by atoms with Gasteiger partial charge in [0.05, 0.1) is 22.8 Å². The zero-order valence-corrected chi connectivity index (χ0v) is 19.0. The third kappa shape index (κ3) is 7.19. The van der Waals surface area contributed by atoms with Crippen molar-refractivity contribution in [3.8, 4) is 5.88 Å². The molecule has 0 bridgehead atoms. The standard InChI is InChI=1S/C14H16Cl2N4O3S2.C2H5NO/c1-8-14(24-7-6-17)19-13(23-2)12(18-8)20-25(21,22)10-5-3-4-9(15)11(10)16;1-3-2-4/h3-5H,6-7,17H2,1-2H3,(H,18,20);2H,1H3,(H,3,4). The first-order valence-electron chi connectivity index (χ1n) is 8.05. The van der Waals surface area contributed by atoms with Gasteiger partial charge in [-0.25, -0.2) is 18.4 Å². The Morgan fingerprint density at radius 1 is 1.31 bits per heavy atom. The highest BCUT2D eigenvalue weighted by Gasteiger charge is 2.23. The van der Waals surface area contributed by atoms with Crippen LogP contribution < -0.4 is 20.5 Å². The van der Waals surface area contributed by atoms with Gasteiger partial charge in [-0.1, -0.05) is 29.3 Å². The predicted molar refractivity (Wildman–Crippen MR) is 115 cm³/mol. The number of amides is 1. The number of nitrogens with one attached hydrogen (secondary N) is 2. The van der Waals surface area contributed by atoms with Crippen LogP contribution >= 0.6 is 35.0 Å². The van der Waals surface area contributed by atoms with Crippen LogP contribution in [-0.4, -0.2) is 51.3 Å². The van der Waals surface area contributed by atoms with Crippen molar-refractivity contribution in [3.05, 3.63) is 33.9 Å². The first-order chi connectivity index (χ1) is 13.7. The van der Waals surface area contributed by atoms with E-state index in [1.54, 1.807) is 14.0 Å². The molecule has 160 valence electrons. The number of hydrogen-bond donors (Lipinski definition) is 3. The monoisotopic (exact) mass is 481 g/mol. The highest BCUT2D eigenvalue weighted by atomic mass is 35.5. The van der Waals surface area contributed by atoms with Crippen LogP contribution in [0, 0.1) is 6.92 Å². The molecule has 2 rings (SSSR count). The molecule has 29 heavy (non-hydrogen) atoms. The van der Waals surface area contributed by atoms with E-state index in [1.807, 2.05) is 0 Å². The maximum atomic E-state index is 12.6. The van der Waals surface area contributed by atoms with Crippen LogP contribution in [-0.2, 0) is 14.8 Å². The summed E-state index contributed by atoms with van der Waals surface area (Å²) >= 11 is 13.3. The van der Waals surface area contributed by atoms with Crippen molar-refractivity contribution in [1.29, 1.82) is 0 Å². The molecule has 0 spiro atoms. The molecule has 2 aromatic rings. The summed E-state index contributed by atoms with van der Waals surface area (Å²) in [5, 5.41) is 2.92. The van der Waals surface area contributed by atoms with E-state index in [9.17, 15) is 8.42 Å². The van der Waals surface area contributed by atoms with E-state index in [1.165, 1.54) is 37.1 Å². The number of methoxy groups -OCH3 is 1. The Bertz CT molecular complexity index is 945. The highest BCUT2D eigenvalue weighted by Crippen LogP contribution is 2.32. The summed E-state index contributed by atoms with van der Waals surface area (Å²) < 4.78 is 32.7. The number of ether oxygens (including phenoxy) is 1. The number of carbonyl (C=O) groups is 1. The maximum absolute atomic E-state index is 12.6. The molecule has 1 amide bonds. The molecule has 0 radical (unpaired) electrons. The largest absolute Gasteiger partial charge is 0.478 e. The summed E-state index contributed by atoms with van der Waals surface area (Å²) in [6.07, 6.45) is 0.625. The van der Waals surface area contributed by atoms with Gasteiger partial charge < -0.3 is 15.8 Å². The zero-order valence-electron chi connectivity index (χ0n) is 15.9. The van der Waals surface area contributed by atoms with Gasteiger partial charge in [0.15, 0.2) is 0 Å². The molecule has 0 aliphatic heterocycles. The van der Waals surface area contributed by atoms with Crippen molar-refractivity contribution >= 4 is 57.2 Å². The molecule has 1 aromatic carbocycles. The van der Waals surface area contributed by atoms with Gasteiger partial charge in [-0.15, -0.1) is 11.8 Å². The number of anilines is 1. The van der Waals surface area contributed by atoms with Gasteiger partial charge in [-0.05, 0) is 19.1 Å². The molecule has 0 fully saturated rings. The Kier molecular flexibility index (Phi) is 10.5. The summed E-state index contributed by atoms with van der Waals surface area (Å²) in [6.45, 7) is 2.20. The van der Waals surface area contributed by atoms with E-state index < -0.39 is 10.0 Å². The van der Waals surface area contributed by atoms with Gasteiger partial charge in [0.2, 0.25) is 12.2 Å². The normalized spacial score (nSPS) is 10.6. The lowest BCUT2D eigenvalue weighted by Gasteiger charge is -2.14. The lowest BCUT2D eigenvalue weighted by atomic mass is 10.4. The third-order valence-corrected chi connectivity index (χ3v) is 6.51. The number of halogens is 2. The predicted octanol–water partition coefficient (Wildman–Crippen LogP) is 2.31. The molecule has 0 saturated heterocycles. The van der Waals surface area contributed by atoms with Crippen LogP contribution in [0.25, 0.3) is 0 Å². The quantitative estimate of drug-likeness (QED) is 0.385. The minimum absolute atomic E-state index is 0.0341. The number of nitrogens with two attached hydrogens (primary N) is 1. The summed E-state index contributed by atoms with van der Waals surface area (Å²) in [7, 11) is -1.08. The van der Waals surface area contributed by atoms with Crippen LogP contribution in [0.15, 0.2) is 28.1 Å². The average molecular weight is 482 g/mol. The molecule has 1 aromatic heterocycles. The van der Waals surface area contributed by atoms with E-state index in [-0.39, 0.29) is 26.6 Å². The van der Waals surface area contributed by atoms with Crippen LogP contribution in [0.4, 0.5) is 5.82 Å². The summed E-state index contributed by atoms with van der Waals surface area (Å²) in [5.74, 6) is 0.669. The molecule has 4 N–H and O–H groups in total. The number of nitrogens with zero attached hydrogens (tertiary/aromatic N) is 2. The number of thioether (sulfide) groups is 1. The first-order valence-corrected chi connectivity index (χ1v) is 11.3. The Morgan fingerprint density at radius 3 is 2.52 bits per heavy atom. The van der Waals surface area contributed by atoms with Crippen molar-refractivity contribution in [2.45, 2.75) is 16.8 Å². The molecule has 0 aliphatic carbocycles. The smallest absolute Gasteiger partial charge is 0.264 e. The lowest BCUT2D eigenvalue weighted by molar-refractivity contribution is -0.109. The van der Waals surface area contributed by atoms with Crippen molar-refractivity contribution in [2.24, 2.45) is 5.73 Å². The van der Waals surface area contributed by atoms with Crippen molar-refractivity contribution < 1.29 is 17.9 Å². The van der Waals surface area contributed by atoms with Crippen molar-refractivity contribution in [1.82, 2.24) is 15.3 Å². The molecule has 0 unspecified atom stereocenters. The molecule has 9 nitrogen and oxygen atoms in total. The number of benzene rings is 1. The number of carbonyl (C=O) groups excluding carboxylic acids is 1. The van der Waals surface area contributed by atoms with Gasteiger partial charge in [-0.2, -0.15) is 0 Å². The Balaban J connectivity index is 0.000000960. The number of sulfonamides is 1. The van der Waals surface area contributed by atoms with Gasteiger partial charge in [0.1, 0.15) is 9.92 Å². The first kappa shape index (κ1) is 25.2. The van der Waals surface area contributed by atoms with Gasteiger partial charge in [-0.3, -0.25) is 9.52 Å². The molecule has 0 saturated carbocycles. The second-order valence-electron chi connectivity index (χ2n) is 5.17. The Labute approximate surface area is 183 Å². The SMILES string of the molecule is CNC=O.COc1nc(SCCN)c(C)nc1NS(=O)(=O)c1cccc(Cl)c1Cl. The maximum Gasteiger partial charge on any atom is 0.264 e. The van der Waals surface area contributed by atoms with Crippen LogP contribution in [0.5, 0.6) is 5.88 Å². The Morgan fingerprint density at radius 2 is 1.97 bits per heavy atom. The molecular weight excluding hydrogens is 461 g/mol. The molecular formula is C16H21Cl2N5O4S2. The number of aromatic nitrogens is 2. The second kappa shape index (κ2) is 12.0. The molecule has 0 aliphatic rings. The fraction of sp³-hybridized carbons (Fsp3) is 0.312. The Hall–Kier alpha value is -1.79. The summed E-state index contributed by atoms with van der Waals surface area (Å²) in [5.41, 5.74) is 6.04. The van der Waals surface area contributed by atoms with E-state index in [0.717, 1.165) is 0 Å². The number of hydrogen-bond acceptors (Lipinski definition) is 8. The number of rotatable bonds is 8. The van der Waals surface area contributed by atoms with Crippen molar-refractivity contribution in [2.75, 3.05) is 31.2 Å². The van der Waals surface area contributed by atoms with Gasteiger partial charge >= 0.3 is 0 Å². The number of aryl methyl sites for hydroxylation is 1. The molecule has 1 heterocycles. The van der Waals surface area contributed by atoms with Gasteiger partial charge in [0, 0.05) is 19.3 Å². The van der Waals surface area contributed by atoms with Gasteiger partial charge in [0.25, 0.3) is 15.9 Å². The fourth-order valence-electron chi connectivity index (χ4n) is 1.86. The average Bonchev–Trinajstić information content (AvgIpc) is 2.69. The van der Waals surface area contributed by atoms with Crippen LogP contribution in [0.3, 0.4) is 0 Å². The van der Waals surface area contributed by atoms with E-state index in [4.69, 9.17) is 38.5 Å². The minimum atomic E-state index is -4.02. The van der Waals surface area contributed by atoms with Crippen LogP contribution in [0.1, 0.15) is 5.69 Å². The minimum Gasteiger partial charge on any atom is -0.478 e. The second-order valence-corrected chi connectivity index (χ2v) is 8.69. The highest BCUT2D eigenvalue weighted by molar-refractivity contribution is 7.99. The van der Waals surface area contributed by atoms with Crippen LogP contribution in [0.2, 0.25) is 10.0 Å². The summed E-state index contributed by atoms with van der Waals surface area (Å²) in [6, 6.07) is 4.33. The fourth-order valence-corrected chi connectivity index (χ4v) is 4.34. The third-order valence-electron chi connectivity index (χ3n) is 3.10. The zero-order chi connectivity index (χ0) is 22.0. The lowest BCUT2D eigenvalue weighted by Crippen LogP contribution is -2.16. The van der Waals surface area contributed by atoms with Crippen molar-refractivity contribution in [3.63, 3.8) is 0 Å². The summed E-state index contributed by atoms with van der Waals surface area (Å²) in [4.78, 5) is 17.4. The molecule has 0 atom stereocenters. The van der Waals surface area contributed by atoms with E-state index >= 15 is 0 Å².